The van der Waals surface area contributed by atoms with E-state index < -0.39 is 12.7 Å². The first-order valence-electron chi connectivity index (χ1n) is 4.94. The third-order valence-corrected chi connectivity index (χ3v) is 2.71. The molecule has 0 radical (unpaired) electrons. The van der Waals surface area contributed by atoms with Crippen molar-refractivity contribution in [3.8, 4) is 0 Å². The zero-order chi connectivity index (χ0) is 10.6. The minimum Gasteiger partial charge on any atom is -0.396 e. The molecule has 0 heterocycles. The van der Waals surface area contributed by atoms with E-state index in [-0.39, 0.29) is 18.6 Å². The normalized spacial score (nSPS) is 29.1. The first-order chi connectivity index (χ1) is 6.53. The van der Waals surface area contributed by atoms with Gasteiger partial charge >= 0.3 is 6.18 Å². The average molecular weight is 211 g/mol. The van der Waals surface area contributed by atoms with Crippen LogP contribution in [0.15, 0.2) is 0 Å². The lowest BCUT2D eigenvalue weighted by molar-refractivity contribution is -0.127. The molecule has 1 aliphatic rings. The van der Waals surface area contributed by atoms with Gasteiger partial charge in [-0.2, -0.15) is 13.2 Å². The average Bonchev–Trinajstić information content (AvgIpc) is 2.14. The van der Waals surface area contributed by atoms with Crippen molar-refractivity contribution in [3.05, 3.63) is 0 Å². The quantitative estimate of drug-likeness (QED) is 0.744. The molecule has 0 aliphatic heterocycles. The van der Waals surface area contributed by atoms with Crippen LogP contribution in [0.2, 0.25) is 0 Å². The third-order valence-electron chi connectivity index (χ3n) is 2.71. The van der Waals surface area contributed by atoms with Gasteiger partial charge in [0.1, 0.15) is 0 Å². The lowest BCUT2D eigenvalue weighted by Gasteiger charge is -2.31. The van der Waals surface area contributed by atoms with E-state index in [0.717, 1.165) is 25.7 Å². The Morgan fingerprint density at radius 3 is 2.43 bits per heavy atom. The number of aliphatic hydroxyl groups excluding tert-OH is 1. The second-order valence-electron chi connectivity index (χ2n) is 3.83. The fourth-order valence-corrected chi connectivity index (χ4v) is 1.94. The van der Waals surface area contributed by atoms with Gasteiger partial charge in [0, 0.05) is 12.6 Å². The van der Waals surface area contributed by atoms with Gasteiger partial charge in [-0.25, -0.2) is 0 Å². The lowest BCUT2D eigenvalue weighted by Crippen LogP contribution is -2.44. The number of rotatable bonds is 3. The Labute approximate surface area is 81.5 Å². The molecule has 1 saturated carbocycles. The van der Waals surface area contributed by atoms with Gasteiger partial charge in [0.05, 0.1) is 6.54 Å². The third kappa shape index (κ3) is 3.84. The first kappa shape index (κ1) is 11.8. The highest BCUT2D eigenvalue weighted by molar-refractivity contribution is 4.81. The zero-order valence-corrected chi connectivity index (χ0v) is 7.98. The van der Waals surface area contributed by atoms with Crippen molar-refractivity contribution < 1.29 is 18.3 Å². The molecule has 0 saturated heterocycles. The van der Waals surface area contributed by atoms with Crippen LogP contribution in [0.4, 0.5) is 13.2 Å². The molecule has 0 bridgehead atoms. The fraction of sp³-hybridized carbons (Fsp3) is 1.00. The van der Waals surface area contributed by atoms with Crippen molar-refractivity contribution in [3.63, 3.8) is 0 Å². The second kappa shape index (κ2) is 4.98. The summed E-state index contributed by atoms with van der Waals surface area (Å²) < 4.78 is 35.7. The van der Waals surface area contributed by atoms with Gasteiger partial charge in [-0.1, -0.05) is 12.8 Å². The summed E-state index contributed by atoms with van der Waals surface area (Å²) >= 11 is 0. The molecule has 0 unspecified atom stereocenters. The standard InChI is InChI=1S/C9H16F3NO/c10-9(11,12)6-13-8-4-2-1-3-7(8)5-14/h7-8,13-14H,1-6H2/t7-,8-/m1/s1. The molecule has 0 aromatic heterocycles. The molecule has 0 aromatic rings. The Bertz CT molecular complexity index is 172. The second-order valence-corrected chi connectivity index (χ2v) is 3.83. The Hall–Kier alpha value is -0.290. The molecular weight excluding hydrogens is 195 g/mol. The molecule has 1 rings (SSSR count). The Balaban J connectivity index is 2.33. The highest BCUT2D eigenvalue weighted by Crippen LogP contribution is 2.24. The van der Waals surface area contributed by atoms with Crippen LogP contribution in [0.5, 0.6) is 0 Å². The molecule has 0 aromatic carbocycles. The number of aliphatic hydroxyl groups is 1. The Kier molecular flexibility index (Phi) is 4.19. The monoisotopic (exact) mass is 211 g/mol. The summed E-state index contributed by atoms with van der Waals surface area (Å²) in [4.78, 5) is 0. The van der Waals surface area contributed by atoms with E-state index in [2.05, 4.69) is 5.32 Å². The summed E-state index contributed by atoms with van der Waals surface area (Å²) in [5, 5.41) is 11.4. The maximum Gasteiger partial charge on any atom is 0.401 e. The van der Waals surface area contributed by atoms with Gasteiger partial charge in [-0.3, -0.25) is 0 Å². The Morgan fingerprint density at radius 2 is 1.86 bits per heavy atom. The van der Waals surface area contributed by atoms with Crippen LogP contribution in [0.3, 0.4) is 0 Å². The highest BCUT2D eigenvalue weighted by Gasteiger charge is 2.31. The Morgan fingerprint density at radius 1 is 1.21 bits per heavy atom. The van der Waals surface area contributed by atoms with Crippen molar-refractivity contribution in [1.29, 1.82) is 0 Å². The van der Waals surface area contributed by atoms with E-state index in [1.807, 2.05) is 0 Å². The molecule has 1 fully saturated rings. The topological polar surface area (TPSA) is 32.3 Å². The summed E-state index contributed by atoms with van der Waals surface area (Å²) in [6.45, 7) is -0.969. The van der Waals surface area contributed by atoms with Gasteiger partial charge in [0.25, 0.3) is 0 Å². The minimum absolute atomic E-state index is 0.00824. The molecule has 0 amide bonds. The lowest BCUT2D eigenvalue weighted by atomic mass is 9.85. The van der Waals surface area contributed by atoms with Crippen molar-refractivity contribution in [2.24, 2.45) is 5.92 Å². The molecule has 84 valence electrons. The van der Waals surface area contributed by atoms with E-state index in [1.165, 1.54) is 0 Å². The molecule has 5 heteroatoms. The van der Waals surface area contributed by atoms with Crippen LogP contribution < -0.4 is 5.32 Å². The smallest absolute Gasteiger partial charge is 0.396 e. The number of halogens is 3. The van der Waals surface area contributed by atoms with Crippen LogP contribution in [0.25, 0.3) is 0 Å². The molecule has 0 spiro atoms. The van der Waals surface area contributed by atoms with E-state index in [9.17, 15) is 13.2 Å². The maximum absolute atomic E-state index is 11.9. The number of hydrogen-bond acceptors (Lipinski definition) is 2. The molecule has 2 nitrogen and oxygen atoms in total. The van der Waals surface area contributed by atoms with Crippen molar-refractivity contribution in [2.75, 3.05) is 13.2 Å². The van der Waals surface area contributed by atoms with Crippen LogP contribution in [0.1, 0.15) is 25.7 Å². The first-order valence-corrected chi connectivity index (χ1v) is 4.94. The number of hydrogen-bond donors (Lipinski definition) is 2. The predicted octanol–water partition coefficient (Wildman–Crippen LogP) is 1.69. The van der Waals surface area contributed by atoms with Crippen LogP contribution in [0, 0.1) is 5.92 Å². The van der Waals surface area contributed by atoms with Crippen molar-refractivity contribution >= 4 is 0 Å². The van der Waals surface area contributed by atoms with Gasteiger partial charge in [0.2, 0.25) is 0 Å². The zero-order valence-electron chi connectivity index (χ0n) is 7.98. The minimum atomic E-state index is -4.16. The summed E-state index contributed by atoms with van der Waals surface area (Å²) in [5.41, 5.74) is 0. The van der Waals surface area contributed by atoms with E-state index >= 15 is 0 Å². The number of nitrogens with one attached hydrogen (secondary N) is 1. The van der Waals surface area contributed by atoms with E-state index in [1.54, 1.807) is 0 Å². The fourth-order valence-electron chi connectivity index (χ4n) is 1.94. The van der Waals surface area contributed by atoms with Crippen LogP contribution in [-0.2, 0) is 0 Å². The molecular formula is C9H16F3NO. The highest BCUT2D eigenvalue weighted by atomic mass is 19.4. The van der Waals surface area contributed by atoms with Gasteiger partial charge in [-0.15, -0.1) is 0 Å². The SMILES string of the molecule is OC[C@H]1CCCC[C@H]1NCC(F)(F)F. The summed E-state index contributed by atoms with van der Waals surface area (Å²) in [6, 6.07) is -0.171. The van der Waals surface area contributed by atoms with Crippen LogP contribution >= 0.6 is 0 Å². The molecule has 2 atom stereocenters. The maximum atomic E-state index is 11.9. The van der Waals surface area contributed by atoms with E-state index in [4.69, 9.17) is 5.11 Å². The summed E-state index contributed by atoms with van der Waals surface area (Å²) in [6.07, 6.45) is -0.633. The van der Waals surface area contributed by atoms with Gasteiger partial charge in [-0.05, 0) is 18.8 Å². The predicted molar refractivity (Wildman–Crippen MR) is 46.9 cm³/mol. The number of alkyl halides is 3. The van der Waals surface area contributed by atoms with Crippen molar-refractivity contribution in [1.82, 2.24) is 5.32 Å². The van der Waals surface area contributed by atoms with Gasteiger partial charge in [0.15, 0.2) is 0 Å². The molecule has 14 heavy (non-hydrogen) atoms. The summed E-state index contributed by atoms with van der Waals surface area (Å²) in [5.74, 6) is -0.00824. The largest absolute Gasteiger partial charge is 0.401 e. The van der Waals surface area contributed by atoms with Gasteiger partial charge < -0.3 is 10.4 Å². The summed E-state index contributed by atoms with van der Waals surface area (Å²) in [7, 11) is 0. The molecule has 1 aliphatic carbocycles. The molecule has 2 N–H and O–H groups in total. The van der Waals surface area contributed by atoms with E-state index in [0.29, 0.717) is 0 Å². The van der Waals surface area contributed by atoms with Crippen molar-refractivity contribution in [2.45, 2.75) is 37.9 Å². The van der Waals surface area contributed by atoms with Crippen LogP contribution in [-0.4, -0.2) is 30.5 Å².